The molecule has 1 N–H and O–H groups in total. The molecule has 2 amide bonds. The van der Waals surface area contributed by atoms with Crippen LogP contribution in [0.25, 0.3) is 5.69 Å². The van der Waals surface area contributed by atoms with Crippen molar-refractivity contribution in [3.05, 3.63) is 77.6 Å². The van der Waals surface area contributed by atoms with Crippen LogP contribution in [0.1, 0.15) is 26.4 Å². The first kappa shape index (κ1) is 17.3. The minimum atomic E-state index is -0.305. The minimum Gasteiger partial charge on any atom is -0.347 e. The zero-order valence-corrected chi connectivity index (χ0v) is 14.6. The van der Waals surface area contributed by atoms with E-state index in [0.29, 0.717) is 12.1 Å². The molecule has 0 aliphatic rings. The van der Waals surface area contributed by atoms with E-state index in [2.05, 4.69) is 15.6 Å². The Morgan fingerprint density at radius 3 is 2.38 bits per heavy atom. The van der Waals surface area contributed by atoms with Crippen molar-refractivity contribution >= 4 is 11.8 Å². The zero-order valence-electron chi connectivity index (χ0n) is 14.6. The van der Waals surface area contributed by atoms with Crippen LogP contribution in [0.2, 0.25) is 0 Å². The molecule has 0 aliphatic carbocycles. The van der Waals surface area contributed by atoms with Gasteiger partial charge in [-0.05, 0) is 29.8 Å². The first-order valence-corrected chi connectivity index (χ1v) is 8.11. The van der Waals surface area contributed by atoms with Crippen LogP contribution in [0.4, 0.5) is 0 Å². The molecular formula is C19H19N5O2. The number of nitrogens with one attached hydrogen (secondary N) is 1. The molecule has 1 heterocycles. The summed E-state index contributed by atoms with van der Waals surface area (Å²) in [5.41, 5.74) is 2.58. The van der Waals surface area contributed by atoms with Crippen molar-refractivity contribution in [3.63, 3.8) is 0 Å². The second kappa shape index (κ2) is 7.60. The average molecular weight is 349 g/mol. The summed E-state index contributed by atoms with van der Waals surface area (Å²) < 4.78 is 1.55. The third-order valence-corrected chi connectivity index (χ3v) is 3.81. The number of carbonyl (C=O) groups excluding carboxylic acids is 2. The molecule has 0 aliphatic heterocycles. The van der Waals surface area contributed by atoms with E-state index >= 15 is 0 Å². The molecule has 7 heteroatoms. The third-order valence-electron chi connectivity index (χ3n) is 3.81. The van der Waals surface area contributed by atoms with E-state index in [-0.39, 0.29) is 17.5 Å². The molecule has 0 bridgehead atoms. The Labute approximate surface area is 151 Å². The van der Waals surface area contributed by atoms with E-state index in [1.807, 2.05) is 42.5 Å². The molecule has 132 valence electrons. The topological polar surface area (TPSA) is 80.1 Å². The molecule has 0 unspecified atom stereocenters. The van der Waals surface area contributed by atoms with Gasteiger partial charge in [0.2, 0.25) is 0 Å². The molecule has 2 aromatic carbocycles. The van der Waals surface area contributed by atoms with Gasteiger partial charge in [0, 0.05) is 26.2 Å². The van der Waals surface area contributed by atoms with Gasteiger partial charge in [0.15, 0.2) is 5.69 Å². The van der Waals surface area contributed by atoms with Gasteiger partial charge >= 0.3 is 0 Å². The molecule has 0 fully saturated rings. The molecule has 0 saturated carbocycles. The molecule has 0 saturated heterocycles. The summed E-state index contributed by atoms with van der Waals surface area (Å²) in [6, 6.07) is 16.6. The highest BCUT2D eigenvalue weighted by molar-refractivity contribution is 5.94. The average Bonchev–Trinajstić information content (AvgIpc) is 3.17. The third kappa shape index (κ3) is 3.94. The van der Waals surface area contributed by atoms with Gasteiger partial charge in [-0.2, -0.15) is 0 Å². The summed E-state index contributed by atoms with van der Waals surface area (Å²) in [4.78, 5) is 25.6. The Morgan fingerprint density at radius 2 is 1.73 bits per heavy atom. The zero-order chi connectivity index (χ0) is 18.5. The van der Waals surface area contributed by atoms with Gasteiger partial charge in [0.25, 0.3) is 11.8 Å². The van der Waals surface area contributed by atoms with Crippen LogP contribution in [0.5, 0.6) is 0 Å². The number of nitrogens with zero attached hydrogens (tertiary/aromatic N) is 4. The van der Waals surface area contributed by atoms with Crippen LogP contribution in [0, 0.1) is 0 Å². The molecule has 0 spiro atoms. The van der Waals surface area contributed by atoms with Gasteiger partial charge in [-0.1, -0.05) is 35.5 Å². The van der Waals surface area contributed by atoms with E-state index in [1.54, 1.807) is 37.1 Å². The number of rotatable bonds is 5. The van der Waals surface area contributed by atoms with Gasteiger partial charge < -0.3 is 10.2 Å². The number of benzene rings is 2. The molecule has 7 nitrogen and oxygen atoms in total. The maximum absolute atomic E-state index is 12.2. The monoisotopic (exact) mass is 349 g/mol. The lowest BCUT2D eigenvalue weighted by molar-refractivity contribution is 0.0827. The number of carbonyl (C=O) groups is 2. The van der Waals surface area contributed by atoms with Crippen LogP contribution < -0.4 is 5.32 Å². The second-order valence-corrected chi connectivity index (χ2v) is 5.96. The highest BCUT2D eigenvalue weighted by Gasteiger charge is 2.12. The van der Waals surface area contributed by atoms with Crippen molar-refractivity contribution in [1.82, 2.24) is 25.2 Å². The number of amides is 2. The fourth-order valence-electron chi connectivity index (χ4n) is 2.37. The standard InChI is InChI=1S/C19H19N5O2/c1-23(2)19(26)15-10-8-14(9-11-15)12-20-18(25)17-13-24(22-21-17)16-6-4-3-5-7-16/h3-11,13H,12H2,1-2H3,(H,20,25). The second-order valence-electron chi connectivity index (χ2n) is 5.96. The maximum Gasteiger partial charge on any atom is 0.273 e. The Balaban J connectivity index is 1.61. The van der Waals surface area contributed by atoms with Crippen molar-refractivity contribution < 1.29 is 9.59 Å². The van der Waals surface area contributed by atoms with Crippen LogP contribution in [-0.4, -0.2) is 45.8 Å². The Bertz CT molecular complexity index is 901. The van der Waals surface area contributed by atoms with E-state index in [1.165, 1.54) is 4.90 Å². The highest BCUT2D eigenvalue weighted by atomic mass is 16.2. The van der Waals surface area contributed by atoms with E-state index in [4.69, 9.17) is 0 Å². The quantitative estimate of drug-likeness (QED) is 0.763. The van der Waals surface area contributed by atoms with Crippen molar-refractivity contribution in [1.29, 1.82) is 0 Å². The lowest BCUT2D eigenvalue weighted by atomic mass is 10.1. The smallest absolute Gasteiger partial charge is 0.273 e. The van der Waals surface area contributed by atoms with Crippen molar-refractivity contribution in [3.8, 4) is 5.69 Å². The van der Waals surface area contributed by atoms with Crippen molar-refractivity contribution in [2.24, 2.45) is 0 Å². The van der Waals surface area contributed by atoms with Crippen LogP contribution >= 0.6 is 0 Å². The maximum atomic E-state index is 12.2. The molecule has 0 radical (unpaired) electrons. The SMILES string of the molecule is CN(C)C(=O)c1ccc(CNC(=O)c2cn(-c3ccccc3)nn2)cc1. The molecule has 1 aromatic heterocycles. The highest BCUT2D eigenvalue weighted by Crippen LogP contribution is 2.08. The lowest BCUT2D eigenvalue weighted by Crippen LogP contribution is -2.23. The van der Waals surface area contributed by atoms with Gasteiger partial charge in [0.1, 0.15) is 0 Å². The first-order valence-electron chi connectivity index (χ1n) is 8.11. The Hall–Kier alpha value is -3.48. The molecular weight excluding hydrogens is 330 g/mol. The Kier molecular flexibility index (Phi) is 5.07. The summed E-state index contributed by atoms with van der Waals surface area (Å²) in [7, 11) is 3.41. The van der Waals surface area contributed by atoms with E-state index < -0.39 is 0 Å². The lowest BCUT2D eigenvalue weighted by Gasteiger charge is -2.10. The van der Waals surface area contributed by atoms with Crippen molar-refractivity contribution in [2.45, 2.75) is 6.54 Å². The van der Waals surface area contributed by atoms with Crippen molar-refractivity contribution in [2.75, 3.05) is 14.1 Å². The fraction of sp³-hybridized carbons (Fsp3) is 0.158. The van der Waals surface area contributed by atoms with Gasteiger partial charge in [-0.25, -0.2) is 4.68 Å². The molecule has 3 aromatic rings. The summed E-state index contributed by atoms with van der Waals surface area (Å²) in [5, 5.41) is 10.7. The largest absolute Gasteiger partial charge is 0.347 e. The number of hydrogen-bond acceptors (Lipinski definition) is 4. The predicted molar refractivity (Wildman–Crippen MR) is 97.0 cm³/mol. The minimum absolute atomic E-state index is 0.0573. The summed E-state index contributed by atoms with van der Waals surface area (Å²) in [6.45, 7) is 0.341. The predicted octanol–water partition coefficient (Wildman–Crippen LogP) is 1.90. The van der Waals surface area contributed by atoms with Crippen LogP contribution in [0.3, 0.4) is 0 Å². The summed E-state index contributed by atoms with van der Waals surface area (Å²) in [6.07, 6.45) is 1.59. The fourth-order valence-corrected chi connectivity index (χ4v) is 2.37. The number of hydrogen-bond donors (Lipinski definition) is 1. The first-order chi connectivity index (χ1) is 12.5. The normalized spacial score (nSPS) is 10.4. The van der Waals surface area contributed by atoms with Gasteiger partial charge in [0.05, 0.1) is 11.9 Å². The molecule has 0 atom stereocenters. The van der Waals surface area contributed by atoms with E-state index in [0.717, 1.165) is 11.3 Å². The number of para-hydroxylation sites is 1. The number of aromatic nitrogens is 3. The van der Waals surface area contributed by atoms with E-state index in [9.17, 15) is 9.59 Å². The van der Waals surface area contributed by atoms with Gasteiger partial charge in [-0.15, -0.1) is 5.10 Å². The van der Waals surface area contributed by atoms with Crippen LogP contribution in [-0.2, 0) is 6.54 Å². The molecule has 26 heavy (non-hydrogen) atoms. The summed E-state index contributed by atoms with van der Waals surface area (Å²) in [5.74, 6) is -0.362. The Morgan fingerprint density at radius 1 is 1.04 bits per heavy atom. The van der Waals surface area contributed by atoms with Crippen LogP contribution in [0.15, 0.2) is 60.8 Å². The molecule has 3 rings (SSSR count). The summed E-state index contributed by atoms with van der Waals surface area (Å²) >= 11 is 0. The van der Waals surface area contributed by atoms with Gasteiger partial charge in [-0.3, -0.25) is 9.59 Å².